The number of hydrogen-bond acceptors (Lipinski definition) is 6. The van der Waals surface area contributed by atoms with E-state index in [1.54, 1.807) is 34.4 Å². The van der Waals surface area contributed by atoms with Crippen molar-refractivity contribution in [1.82, 2.24) is 0 Å². The molecule has 1 unspecified atom stereocenters. The van der Waals surface area contributed by atoms with Gasteiger partial charge in [-0.3, -0.25) is 0 Å². The first-order chi connectivity index (χ1) is 41.2. The Morgan fingerprint density at radius 3 is 1.36 bits per heavy atom. The molecule has 6 aliphatic rings. The van der Waals surface area contributed by atoms with Crippen LogP contribution in [0.15, 0.2) is 147 Å². The van der Waals surface area contributed by atoms with Gasteiger partial charge in [0.1, 0.15) is 11.9 Å². The number of carbonyl (C=O) groups excluding carboxylic acids is 1. The minimum atomic E-state index is -0.696. The third-order valence-corrected chi connectivity index (χ3v) is 26.5. The predicted molar refractivity (Wildman–Crippen MR) is 362 cm³/mol. The molecule has 4 saturated carbocycles. The molecule has 3 nitrogen and oxygen atoms in total. The first kappa shape index (κ1) is 57.0. The summed E-state index contributed by atoms with van der Waals surface area (Å²) >= 11 is 5.78. The number of fused-ring (bicyclic) bond motifs is 7. The zero-order valence-electron chi connectivity index (χ0n) is 51.4. The van der Waals surface area contributed by atoms with Gasteiger partial charge < -0.3 is 9.47 Å². The van der Waals surface area contributed by atoms with Gasteiger partial charge in [0.25, 0.3) is 0 Å². The van der Waals surface area contributed by atoms with Crippen LogP contribution in [0.5, 0.6) is 5.75 Å². The fourth-order valence-corrected chi connectivity index (χ4v) is 22.7. The summed E-state index contributed by atoms with van der Waals surface area (Å²) in [6, 6.07) is 48.5. The number of carbonyl (C=O) groups is 1. The van der Waals surface area contributed by atoms with Gasteiger partial charge in [-0.15, -0.1) is 34.0 Å². The lowest BCUT2D eigenvalue weighted by Gasteiger charge is -2.65. The number of benzene rings is 5. The SMILES string of the molecule is C=CC(C=C)OC(=O)C(CCCCCCCCC)Oc1ccc(-c2ccc(-c3ccc4c(c3)C3(c5cc(-c6ccc7c(c6)C6(c8cc(-c9cc%10sc(C)cc%10s9)ccc8-7)C7(C)CCCC6(C)CCC7)ccc5-4)C4(C)CCCC3(C)CCC4)s2)cc1. The van der Waals surface area contributed by atoms with E-state index in [-0.39, 0.29) is 38.5 Å². The van der Waals surface area contributed by atoms with Crippen molar-refractivity contribution in [2.45, 2.75) is 193 Å². The summed E-state index contributed by atoms with van der Waals surface area (Å²) in [6.07, 6.45) is 26.1. The quantitative estimate of drug-likeness (QED) is 0.0488. The zero-order valence-corrected chi connectivity index (χ0v) is 53.8. The third kappa shape index (κ3) is 8.88. The van der Waals surface area contributed by atoms with E-state index in [0.717, 1.165) is 18.4 Å². The summed E-state index contributed by atoms with van der Waals surface area (Å²) < 4.78 is 15.0. The summed E-state index contributed by atoms with van der Waals surface area (Å²) in [5, 5.41) is 0. The average molecular weight is 1180 g/mol. The minimum absolute atomic E-state index is 0.0569. The normalized spacial score (nSPS) is 26.3. The largest absolute Gasteiger partial charge is 0.479 e. The Morgan fingerprint density at radius 2 is 0.894 bits per heavy atom. The fraction of sp³-hybridized carbons (Fsp3) is 0.430. The molecule has 0 radical (unpaired) electrons. The molecule has 3 aromatic heterocycles. The number of aryl methyl sites for hydroxylation is 1. The molecule has 14 rings (SSSR count). The van der Waals surface area contributed by atoms with Crippen molar-refractivity contribution in [2.75, 3.05) is 0 Å². The van der Waals surface area contributed by atoms with Crippen LogP contribution in [0.25, 0.3) is 74.1 Å². The molecule has 0 saturated heterocycles. The molecule has 6 aliphatic carbocycles. The molecule has 0 N–H and O–H groups in total. The highest BCUT2D eigenvalue weighted by Gasteiger charge is 2.68. The number of hydrogen-bond donors (Lipinski definition) is 0. The van der Waals surface area contributed by atoms with Crippen LogP contribution < -0.4 is 4.74 Å². The van der Waals surface area contributed by atoms with Crippen LogP contribution in [-0.4, -0.2) is 18.2 Å². The first-order valence-electron chi connectivity index (χ1n) is 32.6. The topological polar surface area (TPSA) is 35.5 Å². The van der Waals surface area contributed by atoms with Gasteiger partial charge in [-0.25, -0.2) is 4.79 Å². The third-order valence-electron chi connectivity index (χ3n) is 23.0. The molecule has 6 heteroatoms. The van der Waals surface area contributed by atoms with Gasteiger partial charge in [0, 0.05) is 39.7 Å². The van der Waals surface area contributed by atoms with Gasteiger partial charge in [0.15, 0.2) is 6.10 Å². The highest BCUT2D eigenvalue weighted by Crippen LogP contribution is 2.76. The average Bonchev–Trinajstić information content (AvgIpc) is 1.59. The van der Waals surface area contributed by atoms with Crippen molar-refractivity contribution in [3.8, 4) is 70.5 Å². The predicted octanol–water partition coefficient (Wildman–Crippen LogP) is 23.5. The van der Waals surface area contributed by atoms with Crippen molar-refractivity contribution < 1.29 is 14.3 Å². The summed E-state index contributed by atoms with van der Waals surface area (Å²) in [7, 11) is 0. The lowest BCUT2D eigenvalue weighted by molar-refractivity contribution is -0.153. The Kier molecular flexibility index (Phi) is 14.6. The van der Waals surface area contributed by atoms with E-state index in [9.17, 15) is 4.79 Å². The van der Waals surface area contributed by atoms with Gasteiger partial charge >= 0.3 is 5.97 Å². The molecular weight excluding hydrogens is 1090 g/mol. The molecule has 0 aliphatic heterocycles. The molecular formula is C79H86O3S3. The van der Waals surface area contributed by atoms with E-state index in [0.29, 0.717) is 12.2 Å². The molecule has 4 bridgehead atoms. The Morgan fingerprint density at radius 1 is 0.482 bits per heavy atom. The Balaban J connectivity index is 0.798. The van der Waals surface area contributed by atoms with Gasteiger partial charge in [-0.1, -0.05) is 161 Å². The maximum atomic E-state index is 13.5. The zero-order chi connectivity index (χ0) is 58.5. The summed E-state index contributed by atoms with van der Waals surface area (Å²) in [5.41, 5.74) is 19.2. The Labute approximate surface area is 519 Å². The number of ether oxygens (including phenoxy) is 2. The van der Waals surface area contributed by atoms with E-state index in [1.807, 2.05) is 46.1 Å². The summed E-state index contributed by atoms with van der Waals surface area (Å²) in [5.74, 6) is 0.301. The van der Waals surface area contributed by atoms with Crippen molar-refractivity contribution >= 4 is 49.4 Å². The van der Waals surface area contributed by atoms with Crippen LogP contribution in [0.1, 0.15) is 190 Å². The van der Waals surface area contributed by atoms with Crippen LogP contribution in [0, 0.1) is 28.6 Å². The van der Waals surface area contributed by atoms with Crippen molar-refractivity contribution in [3.63, 3.8) is 0 Å². The van der Waals surface area contributed by atoms with E-state index in [4.69, 9.17) is 9.47 Å². The maximum Gasteiger partial charge on any atom is 0.348 e. The Bertz CT molecular complexity index is 3800. The van der Waals surface area contributed by atoms with Crippen LogP contribution in [0.3, 0.4) is 0 Å². The van der Waals surface area contributed by atoms with Crippen LogP contribution in [-0.2, 0) is 20.4 Å². The smallest absolute Gasteiger partial charge is 0.348 e. The molecule has 4 fully saturated rings. The van der Waals surface area contributed by atoms with Crippen molar-refractivity contribution in [3.05, 3.63) is 174 Å². The maximum absolute atomic E-state index is 13.5. The lowest BCUT2D eigenvalue weighted by Crippen LogP contribution is -2.60. The van der Waals surface area contributed by atoms with Crippen LogP contribution in [0.4, 0.5) is 0 Å². The second-order valence-corrected chi connectivity index (χ2v) is 31.4. The number of thiophene rings is 3. The highest BCUT2D eigenvalue weighted by molar-refractivity contribution is 7.29. The van der Waals surface area contributed by atoms with E-state index in [1.165, 1.54) is 183 Å². The van der Waals surface area contributed by atoms with Gasteiger partial charge in [0.05, 0.1) is 0 Å². The second-order valence-electron chi connectivity index (χ2n) is 28.0. The molecule has 8 aromatic rings. The van der Waals surface area contributed by atoms with Crippen molar-refractivity contribution in [2.24, 2.45) is 21.7 Å². The van der Waals surface area contributed by atoms with E-state index >= 15 is 0 Å². The molecule has 85 heavy (non-hydrogen) atoms. The summed E-state index contributed by atoms with van der Waals surface area (Å²) in [4.78, 5) is 18.8. The number of esters is 1. The minimum Gasteiger partial charge on any atom is -0.479 e. The first-order valence-corrected chi connectivity index (χ1v) is 35.1. The van der Waals surface area contributed by atoms with E-state index < -0.39 is 12.2 Å². The highest BCUT2D eigenvalue weighted by atomic mass is 32.1. The van der Waals surface area contributed by atoms with E-state index in [2.05, 4.69) is 164 Å². The number of unbranched alkanes of at least 4 members (excludes halogenated alkanes) is 6. The van der Waals surface area contributed by atoms with Gasteiger partial charge in [-0.05, 0) is 250 Å². The monoisotopic (exact) mass is 1180 g/mol. The lowest BCUT2D eigenvalue weighted by atomic mass is 9.38. The fourth-order valence-electron chi connectivity index (χ4n) is 19.4. The molecule has 438 valence electrons. The summed E-state index contributed by atoms with van der Waals surface area (Å²) in [6.45, 7) is 22.9. The van der Waals surface area contributed by atoms with Crippen LogP contribution in [0.2, 0.25) is 0 Å². The van der Waals surface area contributed by atoms with Gasteiger partial charge in [0.2, 0.25) is 0 Å². The molecule has 0 amide bonds. The Hall–Kier alpha value is -5.79. The standard InChI is InChI=1S/C79H86O3S3/c1-9-12-13-14-15-16-17-22-67(73(80)82-57(10-2)11-3)81-58-29-23-52(24-30-58)68-35-36-69(84-68)55-27-33-61-59-31-25-53(46-63(59)78(65(61)48-55)74(5)37-18-39-75(78,6)40-19-38-74)54-26-32-60-62-34-28-56(70-50-72-71(85-70)45-51(4)83-72)49-66(62)79(64(60)47-54)76(7)41-20-43-77(79,8)44-21-42-76/h10-11,23-36,45-50,57,67H,2-3,9,12-22,37-44H2,1,4-8H3. The molecule has 1 atom stereocenters. The van der Waals surface area contributed by atoms with Gasteiger partial charge in [-0.2, -0.15) is 0 Å². The number of rotatable bonds is 18. The second kappa shape index (κ2) is 21.8. The molecule has 2 spiro atoms. The molecule has 5 aromatic carbocycles. The molecule has 3 heterocycles. The van der Waals surface area contributed by atoms with Crippen LogP contribution >= 0.6 is 34.0 Å². The van der Waals surface area contributed by atoms with Crippen molar-refractivity contribution in [1.29, 1.82) is 0 Å².